The maximum absolute atomic E-state index is 13.8. The smallest absolute Gasteiger partial charge is 0.271 e. The number of amides is 1. The summed E-state index contributed by atoms with van der Waals surface area (Å²) in [4.78, 5) is 26.8. The summed E-state index contributed by atoms with van der Waals surface area (Å²) in [5.41, 5.74) is 0.536. The second-order valence-electron chi connectivity index (χ2n) is 7.15. The lowest BCUT2D eigenvalue weighted by molar-refractivity contribution is -0.120. The molecule has 6 nitrogen and oxygen atoms in total. The minimum Gasteiger partial charge on any atom is -0.355 e. The van der Waals surface area contributed by atoms with E-state index in [0.29, 0.717) is 42.5 Å². The average molecular weight is 427 g/mol. The van der Waals surface area contributed by atoms with Crippen molar-refractivity contribution in [3.63, 3.8) is 0 Å². The first-order chi connectivity index (χ1) is 14.5. The van der Waals surface area contributed by atoms with Crippen LogP contribution in [-0.2, 0) is 4.79 Å². The van der Waals surface area contributed by atoms with Crippen LogP contribution in [0.15, 0.2) is 65.5 Å². The lowest BCUT2D eigenvalue weighted by Gasteiger charge is -2.32. The number of aromatic nitrogens is 2. The molecule has 0 unspecified atom stereocenters. The molecule has 0 atom stereocenters. The number of carbonyl (C=O) groups is 1. The van der Waals surface area contributed by atoms with Gasteiger partial charge in [0.2, 0.25) is 5.91 Å². The number of hydrogen-bond donors (Lipinski definition) is 1. The van der Waals surface area contributed by atoms with Crippen molar-refractivity contribution in [1.82, 2.24) is 9.78 Å². The lowest BCUT2D eigenvalue weighted by Crippen LogP contribution is -2.39. The molecule has 8 heteroatoms. The van der Waals surface area contributed by atoms with Crippen LogP contribution in [0.1, 0.15) is 12.8 Å². The van der Waals surface area contributed by atoms with Gasteiger partial charge in [-0.25, -0.2) is 4.39 Å². The molecule has 3 aromatic rings. The van der Waals surface area contributed by atoms with Crippen LogP contribution in [0.2, 0.25) is 5.02 Å². The maximum atomic E-state index is 13.8. The van der Waals surface area contributed by atoms with Crippen LogP contribution in [0.4, 0.5) is 15.9 Å². The minimum atomic E-state index is -0.448. The van der Waals surface area contributed by atoms with Crippen LogP contribution in [0.25, 0.3) is 5.69 Å². The number of benzene rings is 2. The SMILES string of the molecule is O=C(Nc1ccccc1F)C1CCN(c2ccc(=O)n(-c3cccc(Cl)c3)n2)CC1. The number of rotatable bonds is 4. The molecule has 4 rings (SSSR count). The summed E-state index contributed by atoms with van der Waals surface area (Å²) in [7, 11) is 0. The zero-order valence-corrected chi connectivity index (χ0v) is 16.8. The van der Waals surface area contributed by atoms with Crippen LogP contribution in [0.3, 0.4) is 0 Å². The van der Waals surface area contributed by atoms with Crippen LogP contribution >= 0.6 is 11.6 Å². The van der Waals surface area contributed by atoms with Crippen molar-refractivity contribution in [2.24, 2.45) is 5.92 Å². The molecule has 1 saturated heterocycles. The number of carbonyl (C=O) groups excluding carboxylic acids is 1. The minimum absolute atomic E-state index is 0.184. The highest BCUT2D eigenvalue weighted by molar-refractivity contribution is 6.30. The first kappa shape index (κ1) is 20.1. The summed E-state index contributed by atoms with van der Waals surface area (Å²) < 4.78 is 15.1. The van der Waals surface area contributed by atoms with E-state index in [9.17, 15) is 14.0 Å². The normalized spacial score (nSPS) is 14.5. The highest BCUT2D eigenvalue weighted by atomic mass is 35.5. The number of halogens is 2. The molecule has 2 heterocycles. The molecule has 0 radical (unpaired) electrons. The second kappa shape index (κ2) is 8.67. The molecule has 1 amide bonds. The van der Waals surface area contributed by atoms with E-state index >= 15 is 0 Å². The molecule has 1 aliphatic heterocycles. The monoisotopic (exact) mass is 426 g/mol. The molecule has 1 aromatic heterocycles. The van der Waals surface area contributed by atoms with Gasteiger partial charge in [0, 0.05) is 30.1 Å². The molecule has 0 aliphatic carbocycles. The standard InChI is InChI=1S/C22H20ClFN4O2/c23-16-4-3-5-17(14-16)28-21(29)9-8-20(26-28)27-12-10-15(11-13-27)22(30)25-19-7-2-1-6-18(19)24/h1-9,14-15H,10-13H2,(H,25,30). The Morgan fingerprint density at radius 3 is 2.57 bits per heavy atom. The fraction of sp³-hybridized carbons (Fsp3) is 0.227. The Labute approximate surface area is 177 Å². The predicted octanol–water partition coefficient (Wildman–Crippen LogP) is 3.88. The fourth-order valence-electron chi connectivity index (χ4n) is 3.53. The van der Waals surface area contributed by atoms with E-state index in [2.05, 4.69) is 10.4 Å². The van der Waals surface area contributed by atoms with Gasteiger partial charge in [0.1, 0.15) is 11.6 Å². The summed E-state index contributed by atoms with van der Waals surface area (Å²) in [6, 6.07) is 16.2. The molecule has 154 valence electrons. The third-order valence-electron chi connectivity index (χ3n) is 5.16. The molecule has 0 spiro atoms. The van der Waals surface area contributed by atoms with E-state index in [4.69, 9.17) is 11.6 Å². The van der Waals surface area contributed by atoms with E-state index in [-0.39, 0.29) is 23.1 Å². The molecule has 1 fully saturated rings. The highest BCUT2D eigenvalue weighted by Gasteiger charge is 2.26. The molecule has 1 N–H and O–H groups in total. The topological polar surface area (TPSA) is 67.2 Å². The van der Waals surface area contributed by atoms with E-state index in [1.807, 2.05) is 4.90 Å². The number of anilines is 2. The van der Waals surface area contributed by atoms with Crippen LogP contribution in [-0.4, -0.2) is 28.8 Å². The average Bonchev–Trinajstić information content (AvgIpc) is 2.76. The Morgan fingerprint density at radius 1 is 1.07 bits per heavy atom. The Morgan fingerprint density at radius 2 is 1.83 bits per heavy atom. The lowest BCUT2D eigenvalue weighted by atomic mass is 9.96. The van der Waals surface area contributed by atoms with Crippen molar-refractivity contribution in [3.8, 4) is 5.69 Å². The van der Waals surface area contributed by atoms with Crippen molar-refractivity contribution < 1.29 is 9.18 Å². The summed E-state index contributed by atoms with van der Waals surface area (Å²) in [6.07, 6.45) is 1.22. The first-order valence-electron chi connectivity index (χ1n) is 9.68. The Bertz CT molecular complexity index is 1130. The van der Waals surface area contributed by atoms with Gasteiger partial charge in [0.05, 0.1) is 11.4 Å². The number of hydrogen-bond acceptors (Lipinski definition) is 4. The molecular formula is C22H20ClFN4O2. The van der Waals surface area contributed by atoms with E-state index in [0.717, 1.165) is 0 Å². The number of nitrogens with zero attached hydrogens (tertiary/aromatic N) is 3. The molecule has 30 heavy (non-hydrogen) atoms. The van der Waals surface area contributed by atoms with Gasteiger partial charge in [-0.05, 0) is 49.2 Å². The molecule has 0 saturated carbocycles. The van der Waals surface area contributed by atoms with Crippen molar-refractivity contribution >= 4 is 29.0 Å². The number of piperidine rings is 1. The molecule has 2 aromatic carbocycles. The van der Waals surface area contributed by atoms with Crippen molar-refractivity contribution in [1.29, 1.82) is 0 Å². The Hall–Kier alpha value is -3.19. The molecule has 0 bridgehead atoms. The quantitative estimate of drug-likeness (QED) is 0.687. The van der Waals surface area contributed by atoms with E-state index in [1.54, 1.807) is 48.5 Å². The van der Waals surface area contributed by atoms with Gasteiger partial charge in [-0.1, -0.05) is 29.8 Å². The number of nitrogens with one attached hydrogen (secondary N) is 1. The maximum Gasteiger partial charge on any atom is 0.271 e. The van der Waals surface area contributed by atoms with E-state index in [1.165, 1.54) is 16.8 Å². The van der Waals surface area contributed by atoms with Gasteiger partial charge in [-0.15, -0.1) is 5.10 Å². The van der Waals surface area contributed by atoms with Crippen molar-refractivity contribution in [2.45, 2.75) is 12.8 Å². The van der Waals surface area contributed by atoms with Gasteiger partial charge < -0.3 is 10.2 Å². The second-order valence-corrected chi connectivity index (χ2v) is 7.59. The Kier molecular flexibility index (Phi) is 5.81. The third kappa shape index (κ3) is 4.36. The Balaban J connectivity index is 1.44. The van der Waals surface area contributed by atoms with Crippen LogP contribution < -0.4 is 15.8 Å². The van der Waals surface area contributed by atoms with Gasteiger partial charge in [-0.2, -0.15) is 4.68 Å². The predicted molar refractivity (Wildman–Crippen MR) is 115 cm³/mol. The fourth-order valence-corrected chi connectivity index (χ4v) is 3.72. The van der Waals surface area contributed by atoms with Gasteiger partial charge in [-0.3, -0.25) is 9.59 Å². The zero-order valence-electron chi connectivity index (χ0n) is 16.1. The summed E-state index contributed by atoms with van der Waals surface area (Å²) in [6.45, 7) is 1.21. The van der Waals surface area contributed by atoms with Crippen LogP contribution in [0.5, 0.6) is 0 Å². The molecular weight excluding hydrogens is 407 g/mol. The van der Waals surface area contributed by atoms with Crippen molar-refractivity contribution in [3.05, 3.63) is 81.9 Å². The van der Waals surface area contributed by atoms with Gasteiger partial charge in [0.25, 0.3) is 5.56 Å². The first-order valence-corrected chi connectivity index (χ1v) is 10.1. The zero-order chi connectivity index (χ0) is 21.1. The highest BCUT2D eigenvalue weighted by Crippen LogP contribution is 2.24. The van der Waals surface area contributed by atoms with Gasteiger partial charge >= 0.3 is 0 Å². The van der Waals surface area contributed by atoms with E-state index < -0.39 is 5.82 Å². The summed E-state index contributed by atoms with van der Waals surface area (Å²) in [5.74, 6) is -0.186. The summed E-state index contributed by atoms with van der Waals surface area (Å²) >= 11 is 6.03. The third-order valence-corrected chi connectivity index (χ3v) is 5.40. The van der Waals surface area contributed by atoms with Crippen LogP contribution in [0, 0.1) is 11.7 Å². The largest absolute Gasteiger partial charge is 0.355 e. The van der Waals surface area contributed by atoms with Crippen molar-refractivity contribution in [2.75, 3.05) is 23.3 Å². The number of para-hydroxylation sites is 1. The molecule has 1 aliphatic rings. The summed E-state index contributed by atoms with van der Waals surface area (Å²) in [5, 5.41) is 7.67. The van der Waals surface area contributed by atoms with Gasteiger partial charge in [0.15, 0.2) is 0 Å².